The molecule has 3 heteroatoms. The van der Waals surface area contributed by atoms with E-state index in [0.29, 0.717) is 12.1 Å². The van der Waals surface area contributed by atoms with Crippen molar-refractivity contribution in [3.05, 3.63) is 106 Å². The quantitative estimate of drug-likeness (QED) is 0.558. The van der Waals surface area contributed by atoms with E-state index in [2.05, 4.69) is 78.6 Å². The number of aryl methyl sites for hydroxylation is 1. The van der Waals surface area contributed by atoms with E-state index in [1.165, 1.54) is 28.0 Å². The maximum Gasteiger partial charge on any atom is 0.129 e. The van der Waals surface area contributed by atoms with Gasteiger partial charge in [-0.3, -0.25) is 9.89 Å². The summed E-state index contributed by atoms with van der Waals surface area (Å²) >= 11 is 6.08. The minimum Gasteiger partial charge on any atom is -0.263 e. The first kappa shape index (κ1) is 15.8. The highest BCUT2D eigenvalue weighted by molar-refractivity contribution is 6.30. The highest BCUT2D eigenvalue weighted by Gasteiger charge is 2.59. The Morgan fingerprint density at radius 1 is 0.769 bits per heavy atom. The van der Waals surface area contributed by atoms with Crippen LogP contribution >= 0.6 is 11.6 Å². The molecule has 2 aliphatic rings. The van der Waals surface area contributed by atoms with Gasteiger partial charge in [-0.15, -0.1) is 0 Å². The molecule has 1 fully saturated rings. The second-order valence-corrected chi connectivity index (χ2v) is 7.49. The molecule has 0 amide bonds. The van der Waals surface area contributed by atoms with Crippen LogP contribution in [0.25, 0.3) is 0 Å². The van der Waals surface area contributed by atoms with Crippen LogP contribution in [0, 0.1) is 6.92 Å². The molecule has 1 saturated heterocycles. The fourth-order valence-electron chi connectivity index (χ4n) is 3.97. The van der Waals surface area contributed by atoms with Crippen molar-refractivity contribution in [1.82, 2.24) is 4.90 Å². The van der Waals surface area contributed by atoms with Gasteiger partial charge >= 0.3 is 0 Å². The normalized spacial score (nSPS) is 26.3. The number of hydrogen-bond acceptors (Lipinski definition) is 2. The molecule has 128 valence electrons. The minimum atomic E-state index is 0.0544. The molecule has 3 aromatic carbocycles. The van der Waals surface area contributed by atoms with E-state index in [-0.39, 0.29) is 6.17 Å². The molecule has 3 aromatic rings. The number of benzene rings is 3. The van der Waals surface area contributed by atoms with E-state index in [1.807, 2.05) is 12.1 Å². The van der Waals surface area contributed by atoms with Crippen LogP contribution in [0.15, 0.2) is 83.9 Å². The molecule has 2 nitrogen and oxygen atoms in total. The number of rotatable bonds is 3. The highest BCUT2D eigenvalue weighted by atomic mass is 35.5. The molecule has 1 unspecified atom stereocenters. The van der Waals surface area contributed by atoms with Crippen LogP contribution < -0.4 is 0 Å². The maximum atomic E-state index is 6.08. The van der Waals surface area contributed by atoms with E-state index < -0.39 is 0 Å². The number of fused-ring (bicyclic) bond motifs is 1. The molecule has 2 heterocycles. The minimum absolute atomic E-state index is 0.0544. The Kier molecular flexibility index (Phi) is 3.70. The van der Waals surface area contributed by atoms with E-state index in [0.717, 1.165) is 5.02 Å². The van der Waals surface area contributed by atoms with Gasteiger partial charge in [0.2, 0.25) is 0 Å². The fraction of sp³-hybridized carbons (Fsp3) is 0.174. The Balaban J connectivity index is 1.56. The first-order chi connectivity index (χ1) is 12.7. The first-order valence-electron chi connectivity index (χ1n) is 8.95. The molecule has 0 bridgehead atoms. The van der Waals surface area contributed by atoms with Crippen molar-refractivity contribution in [2.75, 3.05) is 0 Å². The van der Waals surface area contributed by atoms with Crippen LogP contribution in [0.1, 0.15) is 34.5 Å². The summed E-state index contributed by atoms with van der Waals surface area (Å²) in [6, 6.07) is 28.3. The van der Waals surface area contributed by atoms with Crippen molar-refractivity contribution < 1.29 is 0 Å². The van der Waals surface area contributed by atoms with E-state index >= 15 is 0 Å². The zero-order valence-electron chi connectivity index (χ0n) is 14.5. The standard InChI is InChI=1S/C23H19ClN2/c1-15-7-9-16(10-8-15)20-22-21(17-5-3-2-4-6-17)26(22)23(25-20)18-11-13-19(24)14-12-18/h2-14,21-23H,1H3/t21-,22+,23+,26?/m1/s1. The van der Waals surface area contributed by atoms with Gasteiger partial charge < -0.3 is 0 Å². The average molecular weight is 359 g/mol. The summed E-state index contributed by atoms with van der Waals surface area (Å²) in [6.07, 6.45) is 0.0544. The van der Waals surface area contributed by atoms with Crippen LogP contribution in [0.4, 0.5) is 0 Å². The lowest BCUT2D eigenvalue weighted by atomic mass is 10.0. The Hall–Kier alpha value is -2.42. The molecular weight excluding hydrogens is 340 g/mol. The molecule has 0 aliphatic carbocycles. The zero-order valence-corrected chi connectivity index (χ0v) is 15.3. The van der Waals surface area contributed by atoms with Crippen LogP contribution in [-0.4, -0.2) is 16.7 Å². The number of aliphatic imine (C=N–C) groups is 1. The summed E-state index contributed by atoms with van der Waals surface area (Å²) in [5.74, 6) is 0. The van der Waals surface area contributed by atoms with Gasteiger partial charge in [0.05, 0.1) is 17.8 Å². The third-order valence-electron chi connectivity index (χ3n) is 5.33. The summed E-state index contributed by atoms with van der Waals surface area (Å²) in [5, 5.41) is 0.761. The lowest BCUT2D eigenvalue weighted by Crippen LogP contribution is -2.08. The Morgan fingerprint density at radius 2 is 1.46 bits per heavy atom. The smallest absolute Gasteiger partial charge is 0.129 e. The van der Waals surface area contributed by atoms with Crippen LogP contribution in [0.5, 0.6) is 0 Å². The fourth-order valence-corrected chi connectivity index (χ4v) is 4.10. The number of halogens is 1. The Labute approximate surface area is 158 Å². The second kappa shape index (κ2) is 6.08. The van der Waals surface area contributed by atoms with Gasteiger partial charge in [-0.05, 0) is 35.7 Å². The topological polar surface area (TPSA) is 15.4 Å². The van der Waals surface area contributed by atoms with Crippen molar-refractivity contribution in [3.8, 4) is 0 Å². The molecule has 0 N–H and O–H groups in total. The van der Waals surface area contributed by atoms with Gasteiger partial charge in [-0.25, -0.2) is 0 Å². The van der Waals surface area contributed by atoms with Crippen molar-refractivity contribution >= 4 is 17.3 Å². The predicted molar refractivity (Wildman–Crippen MR) is 107 cm³/mol. The van der Waals surface area contributed by atoms with E-state index in [1.54, 1.807) is 0 Å². The maximum absolute atomic E-state index is 6.08. The van der Waals surface area contributed by atoms with Crippen LogP contribution in [-0.2, 0) is 0 Å². The van der Waals surface area contributed by atoms with Crippen LogP contribution in [0.2, 0.25) is 5.02 Å². The second-order valence-electron chi connectivity index (χ2n) is 7.05. The summed E-state index contributed by atoms with van der Waals surface area (Å²) in [4.78, 5) is 7.59. The third kappa shape index (κ3) is 2.57. The van der Waals surface area contributed by atoms with Gasteiger partial charge in [0, 0.05) is 5.02 Å². The average Bonchev–Trinajstić information content (AvgIpc) is 3.29. The number of nitrogens with zero attached hydrogens (tertiary/aromatic N) is 2. The van der Waals surface area contributed by atoms with E-state index in [9.17, 15) is 0 Å². The first-order valence-corrected chi connectivity index (χ1v) is 9.33. The van der Waals surface area contributed by atoms with Crippen molar-refractivity contribution in [1.29, 1.82) is 0 Å². The predicted octanol–water partition coefficient (Wildman–Crippen LogP) is 5.58. The summed E-state index contributed by atoms with van der Waals surface area (Å²) in [5.41, 5.74) is 6.24. The summed E-state index contributed by atoms with van der Waals surface area (Å²) < 4.78 is 0. The van der Waals surface area contributed by atoms with Crippen molar-refractivity contribution in [2.24, 2.45) is 4.99 Å². The summed E-state index contributed by atoms with van der Waals surface area (Å²) in [6.45, 7) is 2.12. The van der Waals surface area contributed by atoms with Crippen LogP contribution in [0.3, 0.4) is 0 Å². The number of hydrogen-bond donors (Lipinski definition) is 0. The molecule has 5 rings (SSSR count). The van der Waals surface area contributed by atoms with Gasteiger partial charge in [-0.2, -0.15) is 0 Å². The third-order valence-corrected chi connectivity index (χ3v) is 5.58. The molecule has 0 saturated carbocycles. The lowest BCUT2D eigenvalue weighted by molar-refractivity contribution is 0.404. The van der Waals surface area contributed by atoms with Crippen molar-refractivity contribution in [2.45, 2.75) is 25.2 Å². The molecule has 26 heavy (non-hydrogen) atoms. The highest BCUT2D eigenvalue weighted by Crippen LogP contribution is 2.55. The Morgan fingerprint density at radius 3 is 2.15 bits per heavy atom. The molecule has 0 aromatic heterocycles. The SMILES string of the molecule is Cc1ccc(C2=N[C@H](c3ccc(Cl)cc3)N3[C@H](c4ccccc4)[C@H]23)cc1. The van der Waals surface area contributed by atoms with Crippen molar-refractivity contribution in [3.63, 3.8) is 0 Å². The van der Waals surface area contributed by atoms with Gasteiger partial charge in [-0.1, -0.05) is 83.9 Å². The largest absolute Gasteiger partial charge is 0.263 e. The molecule has 0 radical (unpaired) electrons. The Bertz CT molecular complexity index is 961. The van der Waals surface area contributed by atoms with Gasteiger partial charge in [0.15, 0.2) is 0 Å². The molecule has 2 aliphatic heterocycles. The van der Waals surface area contributed by atoms with Gasteiger partial charge in [0.1, 0.15) is 6.17 Å². The monoisotopic (exact) mass is 358 g/mol. The summed E-state index contributed by atoms with van der Waals surface area (Å²) in [7, 11) is 0. The zero-order chi connectivity index (χ0) is 17.7. The molecule has 4 atom stereocenters. The molecule has 0 spiro atoms. The molecular formula is C23H19ClN2. The lowest BCUT2D eigenvalue weighted by Gasteiger charge is -2.14. The van der Waals surface area contributed by atoms with Gasteiger partial charge in [0.25, 0.3) is 0 Å². The van der Waals surface area contributed by atoms with E-state index in [4.69, 9.17) is 16.6 Å².